The molecule has 2 aliphatic rings. The van der Waals surface area contributed by atoms with Crippen LogP contribution in [0.4, 0.5) is 4.79 Å². The van der Waals surface area contributed by atoms with Crippen molar-refractivity contribution in [2.75, 3.05) is 32.8 Å². The molecule has 1 aromatic carbocycles. The van der Waals surface area contributed by atoms with Crippen molar-refractivity contribution in [3.8, 4) is 0 Å². The summed E-state index contributed by atoms with van der Waals surface area (Å²) in [5, 5.41) is 0. The average Bonchev–Trinajstić information content (AvgIpc) is 2.69. The van der Waals surface area contributed by atoms with Gasteiger partial charge in [-0.05, 0) is 24.0 Å². The van der Waals surface area contributed by atoms with Crippen LogP contribution in [0.1, 0.15) is 17.5 Å². The van der Waals surface area contributed by atoms with Crippen molar-refractivity contribution >= 4 is 6.03 Å². The van der Waals surface area contributed by atoms with Crippen LogP contribution < -0.4 is 0 Å². The lowest BCUT2D eigenvalue weighted by Gasteiger charge is -2.32. The van der Waals surface area contributed by atoms with Gasteiger partial charge in [0.15, 0.2) is 0 Å². The van der Waals surface area contributed by atoms with Crippen LogP contribution in [0, 0.1) is 0 Å². The van der Waals surface area contributed by atoms with E-state index >= 15 is 0 Å². The number of benzene rings is 1. The van der Waals surface area contributed by atoms with Gasteiger partial charge in [0.05, 0.1) is 13.2 Å². The molecule has 4 heteroatoms. The fourth-order valence-corrected chi connectivity index (χ4v) is 2.82. The molecule has 102 valence electrons. The van der Waals surface area contributed by atoms with E-state index in [9.17, 15) is 4.79 Å². The molecule has 19 heavy (non-hydrogen) atoms. The second-order valence-electron chi connectivity index (χ2n) is 5.18. The van der Waals surface area contributed by atoms with E-state index in [0.29, 0.717) is 13.2 Å². The fraction of sp³-hybridized carbons (Fsp3) is 0.533. The zero-order valence-corrected chi connectivity index (χ0v) is 11.2. The number of carbonyl (C=O) groups excluding carboxylic acids is 1. The van der Waals surface area contributed by atoms with E-state index < -0.39 is 0 Å². The Balaban J connectivity index is 1.73. The molecule has 0 saturated carbocycles. The number of hydrogen-bond acceptors (Lipinski definition) is 2. The van der Waals surface area contributed by atoms with Crippen molar-refractivity contribution in [3.63, 3.8) is 0 Å². The molecular weight excluding hydrogens is 240 g/mol. The van der Waals surface area contributed by atoms with E-state index in [1.807, 2.05) is 9.80 Å². The topological polar surface area (TPSA) is 32.8 Å². The van der Waals surface area contributed by atoms with E-state index in [0.717, 1.165) is 39.0 Å². The summed E-state index contributed by atoms with van der Waals surface area (Å²) in [5.74, 6) is 0. The smallest absolute Gasteiger partial charge is 0.320 e. The van der Waals surface area contributed by atoms with E-state index in [2.05, 4.69) is 24.3 Å². The van der Waals surface area contributed by atoms with E-state index in [1.54, 1.807) is 0 Å². The monoisotopic (exact) mass is 260 g/mol. The number of rotatable bonds is 0. The maximum atomic E-state index is 12.5. The summed E-state index contributed by atoms with van der Waals surface area (Å²) in [6.45, 7) is 4.36. The molecular formula is C15H20N2O2. The molecule has 0 atom stereocenters. The first-order chi connectivity index (χ1) is 9.34. The minimum Gasteiger partial charge on any atom is -0.378 e. The fourth-order valence-electron chi connectivity index (χ4n) is 2.82. The Hall–Kier alpha value is -1.55. The van der Waals surface area contributed by atoms with E-state index in [-0.39, 0.29) is 6.03 Å². The van der Waals surface area contributed by atoms with Crippen molar-refractivity contribution in [1.29, 1.82) is 0 Å². The molecule has 0 radical (unpaired) electrons. The summed E-state index contributed by atoms with van der Waals surface area (Å²) in [4.78, 5) is 16.4. The number of carbonyl (C=O) groups is 1. The maximum absolute atomic E-state index is 12.5. The number of amides is 2. The molecule has 1 saturated heterocycles. The highest BCUT2D eigenvalue weighted by Crippen LogP contribution is 2.19. The predicted molar refractivity (Wildman–Crippen MR) is 73.0 cm³/mol. The third kappa shape index (κ3) is 2.73. The van der Waals surface area contributed by atoms with Gasteiger partial charge in [0.2, 0.25) is 0 Å². The number of urea groups is 1. The van der Waals surface area contributed by atoms with Gasteiger partial charge in [-0.25, -0.2) is 4.79 Å². The zero-order valence-electron chi connectivity index (χ0n) is 11.2. The molecule has 1 aromatic rings. The van der Waals surface area contributed by atoms with Crippen LogP contribution in [0.15, 0.2) is 24.3 Å². The Kier molecular flexibility index (Phi) is 3.69. The van der Waals surface area contributed by atoms with Gasteiger partial charge < -0.3 is 14.5 Å². The Morgan fingerprint density at radius 1 is 1.00 bits per heavy atom. The highest BCUT2D eigenvalue weighted by Gasteiger charge is 2.24. The van der Waals surface area contributed by atoms with Crippen LogP contribution in [0.2, 0.25) is 0 Å². The van der Waals surface area contributed by atoms with Crippen LogP contribution >= 0.6 is 0 Å². The molecule has 2 heterocycles. The highest BCUT2D eigenvalue weighted by molar-refractivity contribution is 5.74. The van der Waals surface area contributed by atoms with Crippen LogP contribution in [0.5, 0.6) is 0 Å². The average molecular weight is 260 g/mol. The summed E-state index contributed by atoms with van der Waals surface area (Å²) in [6, 6.07) is 8.62. The Labute approximate surface area is 113 Å². The Morgan fingerprint density at radius 2 is 1.74 bits per heavy atom. The van der Waals surface area contributed by atoms with Gasteiger partial charge in [-0.3, -0.25) is 0 Å². The van der Waals surface area contributed by atoms with Gasteiger partial charge in [-0.15, -0.1) is 0 Å². The summed E-state index contributed by atoms with van der Waals surface area (Å²) in [5.41, 5.74) is 2.68. The minimum absolute atomic E-state index is 0.167. The van der Waals surface area contributed by atoms with Crippen molar-refractivity contribution in [3.05, 3.63) is 35.4 Å². The second-order valence-corrected chi connectivity index (χ2v) is 5.18. The number of aryl methyl sites for hydroxylation is 1. The first-order valence-electron chi connectivity index (χ1n) is 7.03. The number of morpholine rings is 1. The van der Waals surface area contributed by atoms with Gasteiger partial charge >= 0.3 is 6.03 Å². The molecule has 2 amide bonds. The van der Waals surface area contributed by atoms with E-state index in [4.69, 9.17) is 4.74 Å². The van der Waals surface area contributed by atoms with Gasteiger partial charge in [0.1, 0.15) is 0 Å². The van der Waals surface area contributed by atoms with Crippen LogP contribution in [0.25, 0.3) is 0 Å². The van der Waals surface area contributed by atoms with Crippen molar-refractivity contribution in [2.24, 2.45) is 0 Å². The standard InChI is InChI=1S/C15H20N2O2/c18-15(16-8-10-19-11-9-16)17-7-3-6-13-4-1-2-5-14(13)12-17/h1-2,4-5H,3,6-12H2. The molecule has 0 bridgehead atoms. The van der Waals surface area contributed by atoms with Crippen LogP contribution in [-0.2, 0) is 17.7 Å². The Morgan fingerprint density at radius 3 is 2.53 bits per heavy atom. The molecule has 2 aliphatic heterocycles. The van der Waals surface area contributed by atoms with Gasteiger partial charge in [-0.2, -0.15) is 0 Å². The predicted octanol–water partition coefficient (Wildman–Crippen LogP) is 1.89. The molecule has 0 spiro atoms. The minimum atomic E-state index is 0.167. The van der Waals surface area contributed by atoms with Crippen LogP contribution in [0.3, 0.4) is 0 Å². The lowest BCUT2D eigenvalue weighted by molar-refractivity contribution is 0.0427. The summed E-state index contributed by atoms with van der Waals surface area (Å²) < 4.78 is 5.31. The van der Waals surface area contributed by atoms with Crippen LogP contribution in [-0.4, -0.2) is 48.7 Å². The SMILES string of the molecule is O=C(N1CCOCC1)N1CCCc2ccccc2C1. The second kappa shape index (κ2) is 5.61. The Bertz CT molecular complexity index is 455. The summed E-state index contributed by atoms with van der Waals surface area (Å²) >= 11 is 0. The molecule has 0 aromatic heterocycles. The molecule has 1 fully saturated rings. The molecule has 0 unspecified atom stereocenters. The van der Waals surface area contributed by atoms with Crippen molar-refractivity contribution in [1.82, 2.24) is 9.80 Å². The third-order valence-corrected chi connectivity index (χ3v) is 3.91. The number of nitrogens with zero attached hydrogens (tertiary/aromatic N) is 2. The summed E-state index contributed by atoms with van der Waals surface area (Å²) in [6.07, 6.45) is 2.12. The lowest BCUT2D eigenvalue weighted by atomic mass is 10.0. The highest BCUT2D eigenvalue weighted by atomic mass is 16.5. The molecule has 0 N–H and O–H groups in total. The molecule has 4 nitrogen and oxygen atoms in total. The zero-order chi connectivity index (χ0) is 13.1. The van der Waals surface area contributed by atoms with Crippen molar-refractivity contribution in [2.45, 2.75) is 19.4 Å². The third-order valence-electron chi connectivity index (χ3n) is 3.91. The molecule has 3 rings (SSSR count). The van der Waals surface area contributed by atoms with Gasteiger partial charge in [-0.1, -0.05) is 24.3 Å². The number of fused-ring (bicyclic) bond motifs is 1. The lowest BCUT2D eigenvalue weighted by Crippen LogP contribution is -2.47. The number of hydrogen-bond donors (Lipinski definition) is 0. The maximum Gasteiger partial charge on any atom is 0.320 e. The van der Waals surface area contributed by atoms with Gasteiger partial charge in [0.25, 0.3) is 0 Å². The summed E-state index contributed by atoms with van der Waals surface area (Å²) in [7, 11) is 0. The first-order valence-corrected chi connectivity index (χ1v) is 7.03. The normalized spacial score (nSPS) is 19.8. The first kappa shape index (κ1) is 12.5. The van der Waals surface area contributed by atoms with Crippen molar-refractivity contribution < 1.29 is 9.53 Å². The molecule has 0 aliphatic carbocycles. The largest absolute Gasteiger partial charge is 0.378 e. The quantitative estimate of drug-likeness (QED) is 0.713. The van der Waals surface area contributed by atoms with E-state index in [1.165, 1.54) is 11.1 Å². The number of ether oxygens (including phenoxy) is 1. The van der Waals surface area contributed by atoms with Gasteiger partial charge in [0, 0.05) is 26.2 Å².